The minimum absolute atomic E-state index is 0.0546. The summed E-state index contributed by atoms with van der Waals surface area (Å²) in [6.45, 7) is 4.93. The van der Waals surface area contributed by atoms with Gasteiger partial charge in [-0.05, 0) is 49.5 Å². The third kappa shape index (κ3) is 4.15. The Bertz CT molecular complexity index is 643. The first-order valence-electron chi connectivity index (χ1n) is 8.45. The number of carbonyl (C=O) groups is 2. The Hall–Kier alpha value is -2.02. The van der Waals surface area contributed by atoms with Crippen LogP contribution in [0.2, 0.25) is 0 Å². The summed E-state index contributed by atoms with van der Waals surface area (Å²) in [6.07, 6.45) is 0.456. The Morgan fingerprint density at radius 1 is 1.24 bits per heavy atom. The molecule has 5 nitrogen and oxygen atoms in total. The van der Waals surface area contributed by atoms with E-state index in [4.69, 9.17) is 0 Å². The highest BCUT2D eigenvalue weighted by molar-refractivity contribution is 6.02. The molecule has 7 heteroatoms. The molecule has 1 atom stereocenters. The fraction of sp³-hybridized carbons (Fsp3) is 0.556. The Labute approximate surface area is 145 Å². The molecule has 1 fully saturated rings. The van der Waals surface area contributed by atoms with Crippen LogP contribution in [0.5, 0.6) is 0 Å². The largest absolute Gasteiger partial charge is 0.480 e. The normalized spacial score (nSPS) is 18.0. The molecule has 1 aromatic rings. The second kappa shape index (κ2) is 7.91. The monoisotopic (exact) mass is 354 g/mol. The van der Waals surface area contributed by atoms with Crippen molar-refractivity contribution in [3.05, 3.63) is 35.4 Å². The van der Waals surface area contributed by atoms with Gasteiger partial charge in [0.05, 0.1) is 0 Å². The van der Waals surface area contributed by atoms with E-state index in [0.29, 0.717) is 18.7 Å². The van der Waals surface area contributed by atoms with Crippen LogP contribution in [-0.4, -0.2) is 36.6 Å². The number of carboxylic acids is 1. The van der Waals surface area contributed by atoms with Crippen molar-refractivity contribution in [3.63, 3.8) is 0 Å². The zero-order valence-corrected chi connectivity index (χ0v) is 14.4. The molecule has 2 rings (SSSR count). The number of aliphatic carboxylic acids is 1. The Balaban J connectivity index is 2.13. The molecule has 25 heavy (non-hydrogen) atoms. The summed E-state index contributed by atoms with van der Waals surface area (Å²) >= 11 is 0. The molecule has 0 saturated carbocycles. The van der Waals surface area contributed by atoms with E-state index >= 15 is 0 Å². The molecule has 1 aliphatic rings. The molecule has 0 spiro atoms. The molecule has 0 bridgehead atoms. The van der Waals surface area contributed by atoms with Crippen molar-refractivity contribution in [2.24, 2.45) is 11.3 Å². The lowest BCUT2D eigenvalue weighted by atomic mass is 9.77. The second-order valence-corrected chi connectivity index (χ2v) is 6.87. The van der Waals surface area contributed by atoms with Crippen LogP contribution in [0, 0.1) is 23.0 Å². The first-order valence-corrected chi connectivity index (χ1v) is 8.45. The molecular formula is C18H24F2N2O3. The van der Waals surface area contributed by atoms with Gasteiger partial charge in [-0.3, -0.25) is 9.59 Å². The molecule has 3 N–H and O–H groups in total. The topological polar surface area (TPSA) is 78.4 Å². The van der Waals surface area contributed by atoms with Gasteiger partial charge in [-0.25, -0.2) is 8.78 Å². The van der Waals surface area contributed by atoms with Crippen molar-refractivity contribution in [3.8, 4) is 0 Å². The van der Waals surface area contributed by atoms with Crippen LogP contribution in [0.25, 0.3) is 0 Å². The SMILES string of the molecule is CC(C)C(CNC(=O)C1(C(=O)O)CCNCC1)c1ccc(F)c(F)c1. The summed E-state index contributed by atoms with van der Waals surface area (Å²) < 4.78 is 26.7. The predicted octanol–water partition coefficient (Wildman–Crippen LogP) is 2.28. The molecule has 1 amide bonds. The Morgan fingerprint density at radius 2 is 1.88 bits per heavy atom. The Kier molecular flexibility index (Phi) is 6.11. The van der Waals surface area contributed by atoms with Gasteiger partial charge in [-0.15, -0.1) is 0 Å². The zero-order valence-electron chi connectivity index (χ0n) is 14.4. The lowest BCUT2D eigenvalue weighted by Gasteiger charge is -2.33. The minimum Gasteiger partial charge on any atom is -0.480 e. The zero-order chi connectivity index (χ0) is 18.6. The van der Waals surface area contributed by atoms with E-state index in [9.17, 15) is 23.5 Å². The Morgan fingerprint density at radius 3 is 2.40 bits per heavy atom. The van der Waals surface area contributed by atoms with Crippen LogP contribution in [0.1, 0.15) is 38.2 Å². The number of carboxylic acid groups (broad SMARTS) is 1. The molecule has 0 aromatic heterocycles. The molecular weight excluding hydrogens is 330 g/mol. The average Bonchev–Trinajstić information content (AvgIpc) is 2.58. The maximum Gasteiger partial charge on any atom is 0.319 e. The first kappa shape index (κ1) is 19.3. The lowest BCUT2D eigenvalue weighted by Crippen LogP contribution is -2.52. The lowest BCUT2D eigenvalue weighted by molar-refractivity contribution is -0.157. The van der Waals surface area contributed by atoms with Crippen LogP contribution in [0.15, 0.2) is 18.2 Å². The van der Waals surface area contributed by atoms with Crippen LogP contribution < -0.4 is 10.6 Å². The van der Waals surface area contributed by atoms with Gasteiger partial charge in [-0.1, -0.05) is 19.9 Å². The number of hydrogen-bond acceptors (Lipinski definition) is 3. The standard InChI is InChI=1S/C18H24F2N2O3/c1-11(2)13(12-3-4-14(19)15(20)9-12)10-22-16(23)18(17(24)25)5-7-21-8-6-18/h3-4,9,11,13,21H,5-8,10H2,1-2H3,(H,22,23)(H,24,25). The molecule has 1 aromatic carbocycles. The van der Waals surface area contributed by atoms with Crippen molar-refractivity contribution in [1.29, 1.82) is 0 Å². The molecule has 1 saturated heterocycles. The van der Waals surface area contributed by atoms with Gasteiger partial charge in [0, 0.05) is 12.5 Å². The van der Waals surface area contributed by atoms with E-state index in [1.165, 1.54) is 6.07 Å². The van der Waals surface area contributed by atoms with Gasteiger partial charge in [0.1, 0.15) is 5.41 Å². The van der Waals surface area contributed by atoms with Crippen LogP contribution >= 0.6 is 0 Å². The maximum absolute atomic E-state index is 13.5. The van der Waals surface area contributed by atoms with Gasteiger partial charge >= 0.3 is 5.97 Å². The molecule has 0 aliphatic carbocycles. The van der Waals surface area contributed by atoms with Crippen molar-refractivity contribution in [2.45, 2.75) is 32.6 Å². The second-order valence-electron chi connectivity index (χ2n) is 6.87. The summed E-state index contributed by atoms with van der Waals surface area (Å²) in [7, 11) is 0. The van der Waals surface area contributed by atoms with Crippen molar-refractivity contribution in [1.82, 2.24) is 10.6 Å². The summed E-state index contributed by atoms with van der Waals surface area (Å²) in [6, 6.07) is 3.68. The number of amides is 1. The highest BCUT2D eigenvalue weighted by Gasteiger charge is 2.46. The van der Waals surface area contributed by atoms with Gasteiger partial charge < -0.3 is 15.7 Å². The number of carbonyl (C=O) groups excluding carboxylic acids is 1. The van der Waals surface area contributed by atoms with Gasteiger partial charge in [0.2, 0.25) is 5.91 Å². The smallest absolute Gasteiger partial charge is 0.319 e. The van der Waals surface area contributed by atoms with E-state index in [-0.39, 0.29) is 31.2 Å². The predicted molar refractivity (Wildman–Crippen MR) is 89.1 cm³/mol. The number of rotatable bonds is 6. The van der Waals surface area contributed by atoms with E-state index in [1.807, 2.05) is 13.8 Å². The number of halogens is 2. The van der Waals surface area contributed by atoms with Crippen molar-refractivity contribution in [2.75, 3.05) is 19.6 Å². The highest BCUT2D eigenvalue weighted by atomic mass is 19.2. The molecule has 1 unspecified atom stereocenters. The molecule has 0 radical (unpaired) electrons. The summed E-state index contributed by atoms with van der Waals surface area (Å²) in [5, 5.41) is 15.3. The van der Waals surface area contributed by atoms with Crippen LogP contribution in [0.3, 0.4) is 0 Å². The van der Waals surface area contributed by atoms with Crippen LogP contribution in [0.4, 0.5) is 8.78 Å². The average molecular weight is 354 g/mol. The third-order valence-corrected chi connectivity index (χ3v) is 4.96. The molecule has 1 aliphatic heterocycles. The third-order valence-electron chi connectivity index (χ3n) is 4.96. The fourth-order valence-corrected chi connectivity index (χ4v) is 3.24. The van der Waals surface area contributed by atoms with Gasteiger partial charge in [0.15, 0.2) is 11.6 Å². The first-order chi connectivity index (χ1) is 11.8. The minimum atomic E-state index is -1.43. The summed E-state index contributed by atoms with van der Waals surface area (Å²) in [5.41, 5.74) is -0.857. The van der Waals surface area contributed by atoms with Gasteiger partial charge in [0.25, 0.3) is 0 Å². The van der Waals surface area contributed by atoms with Gasteiger partial charge in [-0.2, -0.15) is 0 Å². The number of nitrogens with one attached hydrogen (secondary N) is 2. The van der Waals surface area contributed by atoms with Crippen molar-refractivity contribution >= 4 is 11.9 Å². The fourth-order valence-electron chi connectivity index (χ4n) is 3.24. The number of hydrogen-bond donors (Lipinski definition) is 3. The van der Waals surface area contributed by atoms with E-state index in [1.54, 1.807) is 0 Å². The number of piperidine rings is 1. The number of benzene rings is 1. The molecule has 138 valence electrons. The maximum atomic E-state index is 13.5. The summed E-state index contributed by atoms with van der Waals surface area (Å²) in [5.74, 6) is -3.69. The molecule has 1 heterocycles. The highest BCUT2D eigenvalue weighted by Crippen LogP contribution is 2.30. The van der Waals surface area contributed by atoms with Crippen molar-refractivity contribution < 1.29 is 23.5 Å². The van der Waals surface area contributed by atoms with E-state index < -0.39 is 28.9 Å². The quantitative estimate of drug-likeness (QED) is 0.685. The van der Waals surface area contributed by atoms with E-state index in [0.717, 1.165) is 12.1 Å². The van der Waals surface area contributed by atoms with E-state index in [2.05, 4.69) is 10.6 Å². The van der Waals surface area contributed by atoms with Crippen LogP contribution in [-0.2, 0) is 9.59 Å². The summed E-state index contributed by atoms with van der Waals surface area (Å²) in [4.78, 5) is 24.3.